The van der Waals surface area contributed by atoms with Crippen LogP contribution in [0.3, 0.4) is 0 Å². The average Bonchev–Trinajstić information content (AvgIpc) is 2.60. The third-order valence-electron chi connectivity index (χ3n) is 1.92. The van der Waals surface area contributed by atoms with Crippen LogP contribution in [0.25, 0.3) is 11.3 Å². The molecule has 6 heteroatoms. The number of hydrogen-bond acceptors (Lipinski definition) is 3. The van der Waals surface area contributed by atoms with Crippen LogP contribution in [-0.4, -0.2) is 16.2 Å². The SMILES string of the molecule is O=C(O)c1noc(-c2cccc(F)c2)c1Cl. The van der Waals surface area contributed by atoms with Crippen molar-refractivity contribution in [3.05, 3.63) is 40.8 Å². The summed E-state index contributed by atoms with van der Waals surface area (Å²) >= 11 is 5.75. The molecule has 0 aliphatic rings. The molecule has 0 aliphatic heterocycles. The van der Waals surface area contributed by atoms with Crippen LogP contribution in [0.15, 0.2) is 28.8 Å². The molecule has 82 valence electrons. The molecule has 2 aromatic rings. The van der Waals surface area contributed by atoms with Crippen LogP contribution < -0.4 is 0 Å². The first-order valence-corrected chi connectivity index (χ1v) is 4.62. The van der Waals surface area contributed by atoms with Gasteiger partial charge in [0.2, 0.25) is 5.69 Å². The fourth-order valence-electron chi connectivity index (χ4n) is 1.22. The van der Waals surface area contributed by atoms with Crippen molar-refractivity contribution in [3.8, 4) is 11.3 Å². The second-order valence-electron chi connectivity index (χ2n) is 2.99. The lowest BCUT2D eigenvalue weighted by atomic mass is 10.1. The molecule has 0 spiro atoms. The summed E-state index contributed by atoms with van der Waals surface area (Å²) in [6.45, 7) is 0. The van der Waals surface area contributed by atoms with Crippen LogP contribution in [0, 0.1) is 5.82 Å². The van der Waals surface area contributed by atoms with Crippen LogP contribution in [0.2, 0.25) is 5.02 Å². The van der Waals surface area contributed by atoms with E-state index >= 15 is 0 Å². The summed E-state index contributed by atoms with van der Waals surface area (Å²) in [5.74, 6) is -1.73. The van der Waals surface area contributed by atoms with Crippen molar-refractivity contribution in [2.75, 3.05) is 0 Å². The highest BCUT2D eigenvalue weighted by molar-refractivity contribution is 6.35. The summed E-state index contributed by atoms with van der Waals surface area (Å²) in [6, 6.07) is 5.44. The molecule has 0 aliphatic carbocycles. The van der Waals surface area contributed by atoms with Gasteiger partial charge >= 0.3 is 5.97 Å². The molecule has 1 N–H and O–H groups in total. The van der Waals surface area contributed by atoms with Gasteiger partial charge in [-0.1, -0.05) is 28.9 Å². The first-order chi connectivity index (χ1) is 7.59. The zero-order valence-corrected chi connectivity index (χ0v) is 8.53. The van der Waals surface area contributed by atoms with E-state index in [1.54, 1.807) is 6.07 Å². The van der Waals surface area contributed by atoms with Gasteiger partial charge in [0.05, 0.1) is 0 Å². The molecule has 1 aromatic carbocycles. The molecule has 0 amide bonds. The Morgan fingerprint density at radius 2 is 2.25 bits per heavy atom. The minimum Gasteiger partial charge on any atom is -0.476 e. The molecule has 0 bridgehead atoms. The number of carboxylic acid groups (broad SMARTS) is 1. The fraction of sp³-hybridized carbons (Fsp3) is 0. The van der Waals surface area contributed by atoms with E-state index in [2.05, 4.69) is 5.16 Å². The van der Waals surface area contributed by atoms with E-state index in [9.17, 15) is 9.18 Å². The second kappa shape index (κ2) is 3.94. The first kappa shape index (κ1) is 10.6. The van der Waals surface area contributed by atoms with Crippen molar-refractivity contribution >= 4 is 17.6 Å². The number of carbonyl (C=O) groups is 1. The predicted molar refractivity (Wildman–Crippen MR) is 53.9 cm³/mol. The summed E-state index contributed by atoms with van der Waals surface area (Å²) in [5, 5.41) is 11.9. The molecule has 2 rings (SSSR count). The van der Waals surface area contributed by atoms with Crippen molar-refractivity contribution in [2.45, 2.75) is 0 Å². The number of hydrogen-bond donors (Lipinski definition) is 1. The Balaban J connectivity index is 2.53. The molecular formula is C10H5ClFNO3. The summed E-state index contributed by atoms with van der Waals surface area (Å²) < 4.78 is 17.7. The highest BCUT2D eigenvalue weighted by Gasteiger charge is 2.20. The van der Waals surface area contributed by atoms with E-state index in [1.807, 2.05) is 0 Å². The maximum absolute atomic E-state index is 12.9. The van der Waals surface area contributed by atoms with Crippen LogP contribution in [0.1, 0.15) is 10.5 Å². The Bertz CT molecular complexity index is 553. The molecule has 0 saturated carbocycles. The van der Waals surface area contributed by atoms with Crippen molar-refractivity contribution in [1.29, 1.82) is 0 Å². The molecule has 1 heterocycles. The van der Waals surface area contributed by atoms with Crippen molar-refractivity contribution in [3.63, 3.8) is 0 Å². The van der Waals surface area contributed by atoms with E-state index < -0.39 is 11.8 Å². The molecule has 1 aromatic heterocycles. The van der Waals surface area contributed by atoms with E-state index in [0.717, 1.165) is 0 Å². The summed E-state index contributed by atoms with van der Waals surface area (Å²) in [4.78, 5) is 10.7. The van der Waals surface area contributed by atoms with Gasteiger partial charge in [0.1, 0.15) is 10.8 Å². The number of aromatic carboxylic acids is 1. The monoisotopic (exact) mass is 241 g/mol. The van der Waals surface area contributed by atoms with Crippen molar-refractivity contribution in [1.82, 2.24) is 5.16 Å². The lowest BCUT2D eigenvalue weighted by Gasteiger charge is -1.95. The lowest BCUT2D eigenvalue weighted by molar-refractivity contribution is 0.0686. The third kappa shape index (κ3) is 1.77. The van der Waals surface area contributed by atoms with E-state index in [1.165, 1.54) is 18.2 Å². The smallest absolute Gasteiger partial charge is 0.359 e. The molecule has 0 unspecified atom stereocenters. The van der Waals surface area contributed by atoms with Gasteiger partial charge in [-0.2, -0.15) is 0 Å². The largest absolute Gasteiger partial charge is 0.476 e. The van der Waals surface area contributed by atoms with Crippen LogP contribution in [-0.2, 0) is 0 Å². The van der Waals surface area contributed by atoms with Crippen molar-refractivity contribution in [2.24, 2.45) is 0 Å². The molecule has 4 nitrogen and oxygen atoms in total. The standard InChI is InChI=1S/C10H5ClFNO3/c11-7-8(10(14)15)13-16-9(7)5-2-1-3-6(12)4-5/h1-4H,(H,14,15). The van der Waals surface area contributed by atoms with E-state index in [0.29, 0.717) is 5.56 Å². The molecular weight excluding hydrogens is 237 g/mol. The maximum Gasteiger partial charge on any atom is 0.359 e. The number of rotatable bonds is 2. The van der Waals surface area contributed by atoms with Crippen LogP contribution in [0.5, 0.6) is 0 Å². The molecule has 16 heavy (non-hydrogen) atoms. The molecule has 0 radical (unpaired) electrons. The zero-order chi connectivity index (χ0) is 11.7. The quantitative estimate of drug-likeness (QED) is 0.878. The third-order valence-corrected chi connectivity index (χ3v) is 2.28. The molecule has 0 atom stereocenters. The Kier molecular flexibility index (Phi) is 2.62. The maximum atomic E-state index is 12.9. The molecule has 0 saturated heterocycles. The second-order valence-corrected chi connectivity index (χ2v) is 3.37. The van der Waals surface area contributed by atoms with Crippen molar-refractivity contribution < 1.29 is 18.8 Å². The summed E-state index contributed by atoms with van der Waals surface area (Å²) in [7, 11) is 0. The Hall–Kier alpha value is -1.88. The summed E-state index contributed by atoms with van der Waals surface area (Å²) in [6.07, 6.45) is 0. The van der Waals surface area contributed by atoms with Gasteiger partial charge in [0, 0.05) is 5.56 Å². The Morgan fingerprint density at radius 3 is 2.81 bits per heavy atom. The lowest BCUT2D eigenvalue weighted by Crippen LogP contribution is -1.96. The number of nitrogens with zero attached hydrogens (tertiary/aromatic N) is 1. The normalized spacial score (nSPS) is 10.4. The fourth-order valence-corrected chi connectivity index (χ4v) is 1.48. The van der Waals surface area contributed by atoms with Gasteiger partial charge in [0.15, 0.2) is 5.76 Å². The van der Waals surface area contributed by atoms with Gasteiger partial charge in [-0.15, -0.1) is 0 Å². The Labute approximate surface area is 94.2 Å². The van der Waals surface area contributed by atoms with Gasteiger partial charge in [-0.05, 0) is 12.1 Å². The topological polar surface area (TPSA) is 63.3 Å². The number of benzene rings is 1. The Morgan fingerprint density at radius 1 is 1.50 bits per heavy atom. The molecule has 0 fully saturated rings. The van der Waals surface area contributed by atoms with E-state index in [4.69, 9.17) is 21.2 Å². The highest BCUT2D eigenvalue weighted by atomic mass is 35.5. The summed E-state index contributed by atoms with van der Waals surface area (Å²) in [5.41, 5.74) is -0.0501. The number of halogens is 2. The van der Waals surface area contributed by atoms with Crippen LogP contribution >= 0.6 is 11.6 Å². The highest BCUT2D eigenvalue weighted by Crippen LogP contribution is 2.30. The minimum absolute atomic E-state index is 0.0403. The first-order valence-electron chi connectivity index (χ1n) is 4.24. The van der Waals surface area contributed by atoms with Gasteiger partial charge < -0.3 is 9.63 Å². The van der Waals surface area contributed by atoms with Crippen LogP contribution in [0.4, 0.5) is 4.39 Å². The van der Waals surface area contributed by atoms with Gasteiger partial charge in [-0.3, -0.25) is 0 Å². The van der Waals surface area contributed by atoms with E-state index in [-0.39, 0.29) is 16.5 Å². The van der Waals surface area contributed by atoms with Gasteiger partial charge in [0.25, 0.3) is 0 Å². The average molecular weight is 242 g/mol. The number of aromatic nitrogens is 1. The zero-order valence-electron chi connectivity index (χ0n) is 7.78. The number of carboxylic acids is 1. The van der Waals surface area contributed by atoms with Gasteiger partial charge in [-0.25, -0.2) is 9.18 Å². The predicted octanol–water partition coefficient (Wildman–Crippen LogP) is 2.83. The minimum atomic E-state index is -1.29.